The molecule has 0 aliphatic rings. The Balaban J connectivity index is 3.43. The molecular formula is C11H16ClN3O2. The second kappa shape index (κ2) is 5.31. The number of nitrogens with zero attached hydrogens (tertiary/aromatic N) is 3. The van der Waals surface area contributed by atoms with Crippen LogP contribution in [0, 0.1) is 17.0 Å². The molecule has 0 fully saturated rings. The van der Waals surface area contributed by atoms with Crippen LogP contribution in [0.2, 0.25) is 5.15 Å². The van der Waals surface area contributed by atoms with Crippen LogP contribution < -0.4 is 4.90 Å². The van der Waals surface area contributed by atoms with Crippen molar-refractivity contribution in [3.63, 3.8) is 0 Å². The summed E-state index contributed by atoms with van der Waals surface area (Å²) in [4.78, 5) is 16.4. The van der Waals surface area contributed by atoms with E-state index in [0.29, 0.717) is 17.9 Å². The number of hydrogen-bond acceptors (Lipinski definition) is 4. The van der Waals surface area contributed by atoms with Crippen LogP contribution in [0.1, 0.15) is 26.5 Å². The summed E-state index contributed by atoms with van der Waals surface area (Å²) in [5.74, 6) is 0. The lowest BCUT2D eigenvalue weighted by molar-refractivity contribution is -0.384. The molecule has 1 heterocycles. The van der Waals surface area contributed by atoms with E-state index in [4.69, 9.17) is 11.6 Å². The van der Waals surface area contributed by atoms with Crippen LogP contribution in [0.5, 0.6) is 0 Å². The number of halogens is 1. The molecule has 17 heavy (non-hydrogen) atoms. The van der Waals surface area contributed by atoms with Crippen LogP contribution in [0.25, 0.3) is 0 Å². The Bertz CT molecular complexity index is 435. The number of aromatic nitrogens is 1. The molecule has 0 amide bonds. The van der Waals surface area contributed by atoms with E-state index in [0.717, 1.165) is 0 Å². The standard InChI is InChI=1S/C11H16ClN3O2/c1-5-14(7(2)3)9-6-8(4)13-11(12)10(9)15(16)17/h6-7H,5H2,1-4H3. The molecule has 0 aromatic carbocycles. The van der Waals surface area contributed by atoms with Gasteiger partial charge in [-0.05, 0) is 33.8 Å². The number of anilines is 1. The van der Waals surface area contributed by atoms with Crippen molar-refractivity contribution in [3.8, 4) is 0 Å². The highest BCUT2D eigenvalue weighted by Gasteiger charge is 2.25. The van der Waals surface area contributed by atoms with E-state index in [2.05, 4.69) is 4.98 Å². The normalized spacial score (nSPS) is 10.7. The van der Waals surface area contributed by atoms with Crippen molar-refractivity contribution in [2.45, 2.75) is 33.7 Å². The molecule has 0 aliphatic carbocycles. The minimum absolute atomic E-state index is 0.0518. The van der Waals surface area contributed by atoms with E-state index < -0.39 is 4.92 Å². The maximum absolute atomic E-state index is 11.1. The van der Waals surface area contributed by atoms with Gasteiger partial charge in [0.1, 0.15) is 5.69 Å². The number of hydrogen-bond donors (Lipinski definition) is 0. The predicted molar refractivity (Wildman–Crippen MR) is 68.8 cm³/mol. The molecular weight excluding hydrogens is 242 g/mol. The Morgan fingerprint density at radius 2 is 2.18 bits per heavy atom. The zero-order valence-corrected chi connectivity index (χ0v) is 11.2. The van der Waals surface area contributed by atoms with Gasteiger partial charge in [0, 0.05) is 18.3 Å². The first-order chi connectivity index (χ1) is 7.88. The number of nitro groups is 1. The molecule has 94 valence electrons. The molecule has 0 bridgehead atoms. The summed E-state index contributed by atoms with van der Waals surface area (Å²) >= 11 is 5.86. The molecule has 0 unspecified atom stereocenters. The van der Waals surface area contributed by atoms with Crippen LogP contribution in [0.3, 0.4) is 0 Å². The smallest absolute Gasteiger partial charge is 0.329 e. The fourth-order valence-electron chi connectivity index (χ4n) is 1.81. The van der Waals surface area contributed by atoms with Crippen molar-refractivity contribution >= 4 is 23.0 Å². The molecule has 1 rings (SSSR count). The van der Waals surface area contributed by atoms with Crippen molar-refractivity contribution < 1.29 is 4.92 Å². The van der Waals surface area contributed by atoms with E-state index >= 15 is 0 Å². The SMILES string of the molecule is CCN(c1cc(C)nc(Cl)c1[N+](=O)[O-])C(C)C. The highest BCUT2D eigenvalue weighted by atomic mass is 35.5. The summed E-state index contributed by atoms with van der Waals surface area (Å²) in [5, 5.41) is 11.0. The minimum atomic E-state index is -0.477. The summed E-state index contributed by atoms with van der Waals surface area (Å²) < 4.78 is 0. The Morgan fingerprint density at radius 3 is 2.59 bits per heavy atom. The first kappa shape index (κ1) is 13.7. The van der Waals surface area contributed by atoms with Gasteiger partial charge in [-0.25, -0.2) is 4.98 Å². The summed E-state index contributed by atoms with van der Waals surface area (Å²) in [6.07, 6.45) is 0. The Kier molecular flexibility index (Phi) is 4.28. The predicted octanol–water partition coefficient (Wildman–Crippen LogP) is 3.19. The van der Waals surface area contributed by atoms with Crippen LogP contribution in [0.4, 0.5) is 11.4 Å². The Labute approximate surface area is 106 Å². The van der Waals surface area contributed by atoms with E-state index in [-0.39, 0.29) is 16.9 Å². The van der Waals surface area contributed by atoms with Crippen LogP contribution in [-0.4, -0.2) is 22.5 Å². The molecule has 1 aromatic rings. The average molecular weight is 258 g/mol. The zero-order chi connectivity index (χ0) is 13.2. The summed E-state index contributed by atoms with van der Waals surface area (Å²) in [5.41, 5.74) is 1.09. The van der Waals surface area contributed by atoms with E-state index in [1.54, 1.807) is 13.0 Å². The van der Waals surface area contributed by atoms with E-state index in [1.165, 1.54) is 0 Å². The fraction of sp³-hybridized carbons (Fsp3) is 0.545. The third-order valence-corrected chi connectivity index (χ3v) is 2.78. The number of aryl methyl sites for hydroxylation is 1. The highest BCUT2D eigenvalue weighted by Crippen LogP contribution is 2.35. The largest absolute Gasteiger partial charge is 0.364 e. The summed E-state index contributed by atoms with van der Waals surface area (Å²) in [6.45, 7) is 8.37. The maximum atomic E-state index is 11.1. The van der Waals surface area contributed by atoms with Crippen LogP contribution in [0.15, 0.2) is 6.07 Å². The lowest BCUT2D eigenvalue weighted by atomic mass is 10.2. The molecule has 0 N–H and O–H groups in total. The first-order valence-corrected chi connectivity index (χ1v) is 5.84. The molecule has 1 aromatic heterocycles. The third-order valence-electron chi connectivity index (χ3n) is 2.51. The second-order valence-electron chi connectivity index (χ2n) is 4.06. The third kappa shape index (κ3) is 2.85. The highest BCUT2D eigenvalue weighted by molar-refractivity contribution is 6.32. The number of pyridine rings is 1. The zero-order valence-electron chi connectivity index (χ0n) is 10.4. The van der Waals surface area contributed by atoms with Gasteiger partial charge in [0.05, 0.1) is 4.92 Å². The van der Waals surface area contributed by atoms with Gasteiger partial charge < -0.3 is 4.90 Å². The lowest BCUT2D eigenvalue weighted by Gasteiger charge is -2.27. The van der Waals surface area contributed by atoms with Gasteiger partial charge in [0.2, 0.25) is 5.15 Å². The van der Waals surface area contributed by atoms with Crippen molar-refractivity contribution in [1.82, 2.24) is 4.98 Å². The van der Waals surface area contributed by atoms with Crippen molar-refractivity contribution in [1.29, 1.82) is 0 Å². The quantitative estimate of drug-likeness (QED) is 0.472. The van der Waals surface area contributed by atoms with Crippen LogP contribution in [-0.2, 0) is 0 Å². The lowest BCUT2D eigenvalue weighted by Crippen LogP contribution is -2.31. The monoisotopic (exact) mass is 257 g/mol. The molecule has 5 nitrogen and oxygen atoms in total. The molecule has 0 aliphatic heterocycles. The first-order valence-electron chi connectivity index (χ1n) is 5.46. The van der Waals surface area contributed by atoms with Gasteiger partial charge in [-0.2, -0.15) is 0 Å². The van der Waals surface area contributed by atoms with Crippen LogP contribution >= 0.6 is 11.6 Å². The molecule has 0 radical (unpaired) electrons. The maximum Gasteiger partial charge on any atom is 0.329 e. The minimum Gasteiger partial charge on any atom is -0.364 e. The molecule has 0 saturated heterocycles. The molecule has 0 atom stereocenters. The molecule has 0 spiro atoms. The van der Waals surface area contributed by atoms with Gasteiger partial charge in [0.15, 0.2) is 0 Å². The number of rotatable bonds is 4. The Morgan fingerprint density at radius 1 is 1.59 bits per heavy atom. The van der Waals surface area contributed by atoms with Gasteiger partial charge in [-0.3, -0.25) is 10.1 Å². The average Bonchev–Trinajstić information content (AvgIpc) is 2.15. The van der Waals surface area contributed by atoms with Crippen molar-refractivity contribution in [2.24, 2.45) is 0 Å². The summed E-state index contributed by atoms with van der Waals surface area (Å²) in [6, 6.07) is 1.87. The van der Waals surface area contributed by atoms with Crippen molar-refractivity contribution in [2.75, 3.05) is 11.4 Å². The fourth-order valence-corrected chi connectivity index (χ4v) is 2.11. The van der Waals surface area contributed by atoms with E-state index in [1.807, 2.05) is 25.7 Å². The second-order valence-corrected chi connectivity index (χ2v) is 4.42. The van der Waals surface area contributed by atoms with Gasteiger partial charge in [-0.15, -0.1) is 0 Å². The van der Waals surface area contributed by atoms with E-state index in [9.17, 15) is 10.1 Å². The van der Waals surface area contributed by atoms with Gasteiger partial charge in [-0.1, -0.05) is 11.6 Å². The van der Waals surface area contributed by atoms with Gasteiger partial charge in [0.25, 0.3) is 0 Å². The summed E-state index contributed by atoms with van der Waals surface area (Å²) in [7, 11) is 0. The molecule has 0 saturated carbocycles. The van der Waals surface area contributed by atoms with Gasteiger partial charge >= 0.3 is 5.69 Å². The topological polar surface area (TPSA) is 59.3 Å². The van der Waals surface area contributed by atoms with Crippen molar-refractivity contribution in [3.05, 3.63) is 27.0 Å². The molecule has 6 heteroatoms. The Hall–Kier alpha value is -1.36.